The molecule has 0 saturated heterocycles. The van der Waals surface area contributed by atoms with Gasteiger partial charge in [-0.25, -0.2) is 24.5 Å². The van der Waals surface area contributed by atoms with E-state index in [9.17, 15) is 14.7 Å². The lowest BCUT2D eigenvalue weighted by molar-refractivity contribution is -0.139. The molecule has 3 heterocycles. The van der Waals surface area contributed by atoms with Crippen LogP contribution in [0, 0.1) is 11.3 Å². The van der Waals surface area contributed by atoms with Crippen molar-refractivity contribution in [3.05, 3.63) is 39.7 Å². The number of carboxylic acid groups (broad SMARTS) is 1. The van der Waals surface area contributed by atoms with Gasteiger partial charge in [0.05, 0.1) is 10.7 Å². The molecule has 3 rings (SSSR count). The van der Waals surface area contributed by atoms with Crippen molar-refractivity contribution in [2.45, 2.75) is 38.8 Å². The van der Waals surface area contributed by atoms with Crippen LogP contribution in [0.25, 0.3) is 22.1 Å². The summed E-state index contributed by atoms with van der Waals surface area (Å²) in [6.45, 7) is 5.09. The second-order valence-corrected chi connectivity index (χ2v) is 9.23. The number of rotatable bonds is 6. The Kier molecular flexibility index (Phi) is 6.62. The third kappa shape index (κ3) is 6.07. The van der Waals surface area contributed by atoms with Gasteiger partial charge in [0.15, 0.2) is 0 Å². The van der Waals surface area contributed by atoms with Crippen LogP contribution >= 0.6 is 22.7 Å². The van der Waals surface area contributed by atoms with Gasteiger partial charge in [-0.1, -0.05) is 6.07 Å². The fourth-order valence-electron chi connectivity index (χ4n) is 2.48. The van der Waals surface area contributed by atoms with E-state index < -0.39 is 23.7 Å². The van der Waals surface area contributed by atoms with Crippen molar-refractivity contribution >= 4 is 34.7 Å². The molecule has 0 aromatic carbocycles. The smallest absolute Gasteiger partial charge is 0.408 e. The molecule has 2 N–H and O–H groups in total. The summed E-state index contributed by atoms with van der Waals surface area (Å²) in [7, 11) is 0. The largest absolute Gasteiger partial charge is 0.480 e. The minimum absolute atomic E-state index is 0.0171. The van der Waals surface area contributed by atoms with E-state index in [0.29, 0.717) is 32.8 Å². The maximum Gasteiger partial charge on any atom is 0.408 e. The minimum Gasteiger partial charge on any atom is -0.480 e. The Morgan fingerprint density at radius 3 is 2.58 bits per heavy atom. The van der Waals surface area contributed by atoms with E-state index in [4.69, 9.17) is 10.00 Å². The average molecular weight is 458 g/mol. The van der Waals surface area contributed by atoms with Gasteiger partial charge in [0.1, 0.15) is 39.8 Å². The molecule has 11 heteroatoms. The first-order chi connectivity index (χ1) is 14.6. The highest BCUT2D eigenvalue weighted by molar-refractivity contribution is 7.14. The fourth-order valence-corrected chi connectivity index (χ4v) is 4.15. The molecule has 0 saturated carbocycles. The normalized spacial score (nSPS) is 12.1. The molecule has 0 aliphatic heterocycles. The molecule has 1 atom stereocenters. The van der Waals surface area contributed by atoms with E-state index in [1.807, 2.05) is 11.4 Å². The molecule has 0 radical (unpaired) electrons. The van der Waals surface area contributed by atoms with Gasteiger partial charge in [-0.05, 0) is 32.9 Å². The number of nitriles is 1. The maximum absolute atomic E-state index is 11.9. The van der Waals surface area contributed by atoms with E-state index in [2.05, 4.69) is 20.3 Å². The van der Waals surface area contributed by atoms with Gasteiger partial charge >= 0.3 is 12.1 Å². The van der Waals surface area contributed by atoms with Crippen LogP contribution in [0.4, 0.5) is 4.79 Å². The molecular weight excluding hydrogens is 438 g/mol. The zero-order valence-corrected chi connectivity index (χ0v) is 18.6. The van der Waals surface area contributed by atoms with E-state index >= 15 is 0 Å². The van der Waals surface area contributed by atoms with Crippen LogP contribution in [0.3, 0.4) is 0 Å². The topological polar surface area (TPSA) is 138 Å². The van der Waals surface area contributed by atoms with Crippen LogP contribution in [-0.2, 0) is 16.0 Å². The monoisotopic (exact) mass is 457 g/mol. The summed E-state index contributed by atoms with van der Waals surface area (Å²) in [6.07, 6.45) is -0.781. The predicted molar refractivity (Wildman–Crippen MR) is 116 cm³/mol. The van der Waals surface area contributed by atoms with Crippen molar-refractivity contribution in [3.63, 3.8) is 0 Å². The zero-order valence-electron chi connectivity index (χ0n) is 16.9. The minimum atomic E-state index is -1.18. The number of alkyl carbamates (subject to hydrolysis) is 1. The molecule has 160 valence electrons. The first kappa shape index (κ1) is 22.3. The van der Waals surface area contributed by atoms with Crippen LogP contribution in [0.2, 0.25) is 0 Å². The molecule has 0 spiro atoms. The molecule has 0 bridgehead atoms. The number of hydrogen-bond acceptors (Lipinski definition) is 9. The average Bonchev–Trinajstić information content (AvgIpc) is 3.35. The zero-order chi connectivity index (χ0) is 22.6. The molecule has 3 aromatic rings. The van der Waals surface area contributed by atoms with Gasteiger partial charge in [-0.3, -0.25) is 0 Å². The summed E-state index contributed by atoms with van der Waals surface area (Å²) in [6, 6.07) is 5.96. The summed E-state index contributed by atoms with van der Waals surface area (Å²) >= 11 is 2.65. The lowest BCUT2D eigenvalue weighted by Crippen LogP contribution is -2.44. The summed E-state index contributed by atoms with van der Waals surface area (Å²) in [4.78, 5) is 36.7. The number of nitrogens with zero attached hydrogens (tertiary/aromatic N) is 4. The van der Waals surface area contributed by atoms with E-state index in [1.54, 1.807) is 44.4 Å². The summed E-state index contributed by atoms with van der Waals surface area (Å²) in [5.41, 5.74) is 1.39. The number of hydrogen-bond donors (Lipinski definition) is 2. The quantitative estimate of drug-likeness (QED) is 0.571. The van der Waals surface area contributed by atoms with Gasteiger partial charge in [0.25, 0.3) is 0 Å². The van der Waals surface area contributed by atoms with Crippen molar-refractivity contribution in [1.82, 2.24) is 20.3 Å². The third-order valence-corrected chi connectivity index (χ3v) is 5.50. The lowest BCUT2D eigenvalue weighted by Gasteiger charge is -2.21. The number of aliphatic carboxylic acids is 1. The molecule has 9 nitrogen and oxygen atoms in total. The second-order valence-electron chi connectivity index (χ2n) is 7.43. The first-order valence-corrected chi connectivity index (χ1v) is 10.9. The Morgan fingerprint density at radius 2 is 1.90 bits per heavy atom. The number of nitrogens with one attached hydrogen (secondary N) is 1. The lowest BCUT2D eigenvalue weighted by atomic mass is 10.2. The number of aromatic nitrogens is 3. The Hall–Kier alpha value is -3.36. The number of carbonyl (C=O) groups is 2. The summed E-state index contributed by atoms with van der Waals surface area (Å²) < 4.78 is 5.13. The summed E-state index contributed by atoms with van der Waals surface area (Å²) in [5, 5.41) is 25.6. The van der Waals surface area contributed by atoms with Crippen LogP contribution in [0.5, 0.6) is 0 Å². The standard InChI is InChI=1S/C20H19N5O4S2/c1-20(2,3)29-19(28)25-13(18(26)27)7-16-23-15(10-30-16)17-24-14(9-31-17)12-6-4-5-11(8-21)22-12/h4-6,9-10,13H,7H2,1-3H3,(H,25,28)(H,26,27)/t13-/m0/s1. The summed E-state index contributed by atoms with van der Waals surface area (Å²) in [5.74, 6) is -1.18. The number of carbonyl (C=O) groups excluding carboxylic acids is 1. The van der Waals surface area contributed by atoms with Gasteiger partial charge < -0.3 is 15.2 Å². The molecule has 0 fully saturated rings. The van der Waals surface area contributed by atoms with Gasteiger partial charge in [-0.2, -0.15) is 5.26 Å². The Bertz CT molecular complexity index is 1140. The second kappa shape index (κ2) is 9.20. The molecule has 0 aliphatic rings. The Labute approximate surface area is 186 Å². The van der Waals surface area contributed by atoms with E-state index in [-0.39, 0.29) is 6.42 Å². The maximum atomic E-state index is 11.9. The molecule has 1 amide bonds. The van der Waals surface area contributed by atoms with Crippen LogP contribution < -0.4 is 5.32 Å². The molecular formula is C20H19N5O4S2. The highest BCUT2D eigenvalue weighted by Gasteiger charge is 2.25. The van der Waals surface area contributed by atoms with Crippen LogP contribution in [-0.4, -0.2) is 43.8 Å². The first-order valence-electron chi connectivity index (χ1n) is 9.15. The Morgan fingerprint density at radius 1 is 1.16 bits per heavy atom. The van der Waals surface area contributed by atoms with Crippen molar-refractivity contribution < 1.29 is 19.4 Å². The highest BCUT2D eigenvalue weighted by atomic mass is 32.1. The van der Waals surface area contributed by atoms with Crippen molar-refractivity contribution in [2.24, 2.45) is 0 Å². The number of thiazole rings is 2. The SMILES string of the molecule is CC(C)(C)OC(=O)N[C@@H](Cc1nc(-c2nc(-c3cccc(C#N)n3)cs2)cs1)C(=O)O. The van der Waals surface area contributed by atoms with Crippen molar-refractivity contribution in [2.75, 3.05) is 0 Å². The van der Waals surface area contributed by atoms with E-state index in [1.165, 1.54) is 22.7 Å². The molecule has 0 unspecified atom stereocenters. The van der Waals surface area contributed by atoms with Crippen molar-refractivity contribution in [3.8, 4) is 28.2 Å². The highest BCUT2D eigenvalue weighted by Crippen LogP contribution is 2.29. The Balaban J connectivity index is 1.72. The number of amides is 1. The molecule has 3 aromatic heterocycles. The molecule has 31 heavy (non-hydrogen) atoms. The van der Waals surface area contributed by atoms with Gasteiger partial charge in [-0.15, -0.1) is 22.7 Å². The van der Waals surface area contributed by atoms with Crippen molar-refractivity contribution in [1.29, 1.82) is 5.26 Å². The van der Waals surface area contributed by atoms with Crippen LogP contribution in [0.15, 0.2) is 29.0 Å². The molecule has 0 aliphatic carbocycles. The van der Waals surface area contributed by atoms with Crippen LogP contribution in [0.1, 0.15) is 31.5 Å². The third-order valence-electron chi connectivity index (χ3n) is 3.77. The van der Waals surface area contributed by atoms with Gasteiger partial charge in [0, 0.05) is 17.2 Å². The number of carboxylic acids is 1. The number of ether oxygens (including phenoxy) is 1. The fraction of sp³-hybridized carbons (Fsp3) is 0.300. The van der Waals surface area contributed by atoms with E-state index in [0.717, 1.165) is 0 Å². The number of pyridine rings is 1. The van der Waals surface area contributed by atoms with Gasteiger partial charge in [0.2, 0.25) is 0 Å². The predicted octanol–water partition coefficient (Wildman–Crippen LogP) is 3.72.